The number of carbonyl (C=O) groups is 3. The number of urea groups is 1. The van der Waals surface area contributed by atoms with E-state index in [1.165, 1.54) is 23.1 Å². The van der Waals surface area contributed by atoms with Crippen LogP contribution < -0.4 is 10.7 Å². The van der Waals surface area contributed by atoms with Gasteiger partial charge in [-0.05, 0) is 38.5 Å². The van der Waals surface area contributed by atoms with Gasteiger partial charge in [0.05, 0.1) is 5.75 Å². The first-order chi connectivity index (χ1) is 11.4. The fraction of sp³-hybridized carbons (Fsp3) is 0.600. The van der Waals surface area contributed by atoms with Gasteiger partial charge in [0.2, 0.25) is 5.91 Å². The largest absolute Gasteiger partial charge is 0.344 e. The number of nitrogens with one attached hydrogen (secondary N) is 2. The SMILES string of the molecule is Cc1csc(SCC(=O)NN2C(=O)NC3(CCC(C)CC3)C2=O)n1. The molecule has 1 spiro atoms. The van der Waals surface area contributed by atoms with E-state index in [4.69, 9.17) is 0 Å². The van der Waals surface area contributed by atoms with E-state index in [0.29, 0.717) is 18.8 Å². The summed E-state index contributed by atoms with van der Waals surface area (Å²) in [7, 11) is 0. The Morgan fingerprint density at radius 2 is 2.21 bits per heavy atom. The molecule has 2 heterocycles. The Morgan fingerprint density at radius 1 is 1.50 bits per heavy atom. The summed E-state index contributed by atoms with van der Waals surface area (Å²) in [5.74, 6) is -0.0730. The molecule has 2 fully saturated rings. The van der Waals surface area contributed by atoms with Crippen LogP contribution in [-0.2, 0) is 9.59 Å². The average molecular weight is 368 g/mol. The standard InChI is InChI=1S/C15H20N4O3S2/c1-9-3-5-15(6-4-9)12(21)19(13(22)17-15)18-11(20)8-24-14-16-10(2)7-23-14/h7,9H,3-6,8H2,1-2H3,(H,17,22)(H,18,20). The van der Waals surface area contributed by atoms with Gasteiger partial charge in [0.1, 0.15) is 5.54 Å². The number of thiazole rings is 1. The summed E-state index contributed by atoms with van der Waals surface area (Å²) in [5, 5.41) is 5.53. The van der Waals surface area contributed by atoms with Crippen molar-refractivity contribution in [2.75, 3.05) is 5.75 Å². The normalized spacial score (nSPS) is 26.8. The number of hydrazine groups is 1. The Kier molecular flexibility index (Phi) is 4.82. The second-order valence-electron chi connectivity index (χ2n) is 6.41. The van der Waals surface area contributed by atoms with Crippen molar-refractivity contribution in [2.24, 2.45) is 5.92 Å². The lowest BCUT2D eigenvalue weighted by Crippen LogP contribution is -2.51. The second-order valence-corrected chi connectivity index (χ2v) is 8.49. The molecule has 0 atom stereocenters. The second kappa shape index (κ2) is 6.72. The summed E-state index contributed by atoms with van der Waals surface area (Å²) >= 11 is 2.75. The van der Waals surface area contributed by atoms with Gasteiger partial charge in [0.15, 0.2) is 4.34 Å². The summed E-state index contributed by atoms with van der Waals surface area (Å²) in [5.41, 5.74) is 2.50. The van der Waals surface area contributed by atoms with E-state index in [1.807, 2.05) is 12.3 Å². The van der Waals surface area contributed by atoms with Crippen LogP contribution in [0, 0.1) is 12.8 Å². The van der Waals surface area contributed by atoms with Gasteiger partial charge < -0.3 is 5.32 Å². The Morgan fingerprint density at radius 3 is 2.83 bits per heavy atom. The minimum atomic E-state index is -0.837. The Hall–Kier alpha value is -1.61. The number of imide groups is 1. The van der Waals surface area contributed by atoms with Gasteiger partial charge in [-0.15, -0.1) is 11.3 Å². The van der Waals surface area contributed by atoms with E-state index in [2.05, 4.69) is 22.7 Å². The third-order valence-electron chi connectivity index (χ3n) is 4.45. The van der Waals surface area contributed by atoms with Gasteiger partial charge in [0, 0.05) is 11.1 Å². The molecule has 9 heteroatoms. The molecule has 2 aliphatic rings. The van der Waals surface area contributed by atoms with Gasteiger partial charge in [-0.1, -0.05) is 18.7 Å². The van der Waals surface area contributed by atoms with Crippen molar-refractivity contribution < 1.29 is 14.4 Å². The molecule has 3 rings (SSSR count). The number of nitrogens with zero attached hydrogens (tertiary/aromatic N) is 2. The molecule has 1 aromatic rings. The van der Waals surface area contributed by atoms with Crippen molar-refractivity contribution in [1.29, 1.82) is 0 Å². The summed E-state index contributed by atoms with van der Waals surface area (Å²) in [6.45, 7) is 4.03. The van der Waals surface area contributed by atoms with Crippen LogP contribution in [0.15, 0.2) is 9.72 Å². The molecule has 1 aliphatic heterocycles. The first-order valence-electron chi connectivity index (χ1n) is 7.91. The highest BCUT2D eigenvalue weighted by molar-refractivity contribution is 8.01. The number of hydrogen-bond acceptors (Lipinski definition) is 6. The molecule has 0 bridgehead atoms. The summed E-state index contributed by atoms with van der Waals surface area (Å²) in [4.78, 5) is 41.1. The van der Waals surface area contributed by atoms with Crippen LogP contribution in [0.5, 0.6) is 0 Å². The quantitative estimate of drug-likeness (QED) is 0.627. The van der Waals surface area contributed by atoms with Crippen molar-refractivity contribution in [3.05, 3.63) is 11.1 Å². The van der Waals surface area contributed by atoms with Crippen LogP contribution in [0.25, 0.3) is 0 Å². The van der Waals surface area contributed by atoms with E-state index >= 15 is 0 Å². The minimum absolute atomic E-state index is 0.105. The average Bonchev–Trinajstić information content (AvgIpc) is 3.06. The zero-order valence-corrected chi connectivity index (χ0v) is 15.3. The molecule has 1 aromatic heterocycles. The number of thioether (sulfide) groups is 1. The molecule has 130 valence electrons. The minimum Gasteiger partial charge on any atom is -0.322 e. The topological polar surface area (TPSA) is 91.4 Å². The number of aryl methyl sites for hydroxylation is 1. The molecule has 1 saturated heterocycles. The van der Waals surface area contributed by atoms with Crippen molar-refractivity contribution in [3.8, 4) is 0 Å². The number of aromatic nitrogens is 1. The predicted molar refractivity (Wildman–Crippen MR) is 91.5 cm³/mol. The smallest absolute Gasteiger partial charge is 0.322 e. The van der Waals surface area contributed by atoms with Gasteiger partial charge in [-0.25, -0.2) is 9.78 Å². The van der Waals surface area contributed by atoms with Crippen molar-refractivity contribution in [2.45, 2.75) is 49.4 Å². The van der Waals surface area contributed by atoms with Crippen molar-refractivity contribution in [3.63, 3.8) is 0 Å². The van der Waals surface area contributed by atoms with Crippen LogP contribution in [0.1, 0.15) is 38.3 Å². The molecular formula is C15H20N4O3S2. The lowest BCUT2D eigenvalue weighted by Gasteiger charge is -2.33. The van der Waals surface area contributed by atoms with Crippen LogP contribution in [-0.4, -0.2) is 39.1 Å². The molecule has 1 aliphatic carbocycles. The van der Waals surface area contributed by atoms with Crippen LogP contribution in [0.2, 0.25) is 0 Å². The molecule has 0 aromatic carbocycles. The highest BCUT2D eigenvalue weighted by Gasteiger charge is 2.52. The molecule has 7 nitrogen and oxygen atoms in total. The molecule has 4 amide bonds. The summed E-state index contributed by atoms with van der Waals surface area (Å²) in [6.07, 6.45) is 3.04. The zero-order chi connectivity index (χ0) is 17.3. The van der Waals surface area contributed by atoms with E-state index in [1.54, 1.807) is 0 Å². The third-order valence-corrected chi connectivity index (χ3v) is 6.59. The van der Waals surface area contributed by atoms with Gasteiger partial charge >= 0.3 is 6.03 Å². The number of carbonyl (C=O) groups excluding carboxylic acids is 3. The third kappa shape index (κ3) is 3.41. The van der Waals surface area contributed by atoms with E-state index in [-0.39, 0.29) is 11.7 Å². The maximum Gasteiger partial charge on any atom is 0.344 e. The maximum absolute atomic E-state index is 12.6. The maximum atomic E-state index is 12.6. The molecule has 0 unspecified atom stereocenters. The summed E-state index contributed by atoms with van der Waals surface area (Å²) in [6, 6.07) is -0.544. The predicted octanol–water partition coefficient (Wildman–Crippen LogP) is 2.08. The fourth-order valence-electron chi connectivity index (χ4n) is 3.00. The molecule has 1 saturated carbocycles. The number of hydrogen-bond donors (Lipinski definition) is 2. The van der Waals surface area contributed by atoms with Crippen LogP contribution >= 0.6 is 23.1 Å². The monoisotopic (exact) mass is 368 g/mol. The molecule has 0 radical (unpaired) electrons. The van der Waals surface area contributed by atoms with Gasteiger partial charge in [-0.2, -0.15) is 5.01 Å². The lowest BCUT2D eigenvalue weighted by atomic mass is 9.77. The molecule has 24 heavy (non-hydrogen) atoms. The number of rotatable bonds is 4. The van der Waals surface area contributed by atoms with E-state index < -0.39 is 17.5 Å². The lowest BCUT2D eigenvalue weighted by molar-refractivity contribution is -0.139. The fourth-order valence-corrected chi connectivity index (χ4v) is 4.64. The highest BCUT2D eigenvalue weighted by atomic mass is 32.2. The Balaban J connectivity index is 1.57. The Bertz CT molecular complexity index is 667. The first-order valence-corrected chi connectivity index (χ1v) is 9.77. The van der Waals surface area contributed by atoms with E-state index in [0.717, 1.165) is 27.9 Å². The van der Waals surface area contributed by atoms with Gasteiger partial charge in [0.25, 0.3) is 5.91 Å². The van der Waals surface area contributed by atoms with Crippen LogP contribution in [0.4, 0.5) is 4.79 Å². The van der Waals surface area contributed by atoms with Crippen molar-refractivity contribution >= 4 is 40.9 Å². The summed E-state index contributed by atoms with van der Waals surface area (Å²) < 4.78 is 0.789. The number of amides is 4. The highest BCUT2D eigenvalue weighted by Crippen LogP contribution is 2.35. The Labute approximate surface area is 148 Å². The molecule has 2 N–H and O–H groups in total. The van der Waals surface area contributed by atoms with Crippen LogP contribution in [0.3, 0.4) is 0 Å². The first kappa shape index (κ1) is 17.2. The van der Waals surface area contributed by atoms with Gasteiger partial charge in [-0.3, -0.25) is 15.0 Å². The zero-order valence-electron chi connectivity index (χ0n) is 13.6. The molecular weight excluding hydrogens is 348 g/mol. The van der Waals surface area contributed by atoms with Crippen molar-refractivity contribution in [1.82, 2.24) is 20.7 Å². The van der Waals surface area contributed by atoms with E-state index in [9.17, 15) is 14.4 Å².